The normalized spacial score (nSPS) is 11.4. The molecule has 0 radical (unpaired) electrons. The van der Waals surface area contributed by atoms with Crippen LogP contribution >= 0.6 is 0 Å². The van der Waals surface area contributed by atoms with Crippen LogP contribution in [0.5, 0.6) is 0 Å². The van der Waals surface area contributed by atoms with E-state index in [1.54, 1.807) is 13.1 Å². The molecule has 1 aromatic heterocycles. The van der Waals surface area contributed by atoms with E-state index in [1.165, 1.54) is 28.9 Å². The lowest BCUT2D eigenvalue weighted by Gasteiger charge is -2.02. The molecule has 0 saturated heterocycles. The Morgan fingerprint density at radius 2 is 2.05 bits per heavy atom. The summed E-state index contributed by atoms with van der Waals surface area (Å²) in [5.41, 5.74) is 1.49. The molecule has 0 saturated carbocycles. The predicted octanol–water partition coefficient (Wildman–Crippen LogP) is 1.64. The van der Waals surface area contributed by atoms with Crippen LogP contribution in [0.3, 0.4) is 0 Å². The van der Waals surface area contributed by atoms with Crippen molar-refractivity contribution in [1.29, 1.82) is 0 Å². The molecule has 5 nitrogen and oxygen atoms in total. The highest BCUT2D eigenvalue weighted by atomic mass is 19.1. The van der Waals surface area contributed by atoms with Crippen molar-refractivity contribution in [3.05, 3.63) is 54.1 Å². The van der Waals surface area contributed by atoms with E-state index < -0.39 is 0 Å². The van der Waals surface area contributed by atoms with Gasteiger partial charge in [-0.05, 0) is 34.2 Å². The monoisotopic (exact) mass is 258 g/mol. The van der Waals surface area contributed by atoms with Crippen LogP contribution in [0, 0.1) is 5.82 Å². The summed E-state index contributed by atoms with van der Waals surface area (Å²) < 4.78 is 14.3. The van der Waals surface area contributed by atoms with Gasteiger partial charge in [0.15, 0.2) is 12.1 Å². The highest BCUT2D eigenvalue weighted by molar-refractivity contribution is 6.09. The van der Waals surface area contributed by atoms with Gasteiger partial charge in [0.25, 0.3) is 0 Å². The van der Waals surface area contributed by atoms with Gasteiger partial charge in [-0.3, -0.25) is 4.79 Å². The van der Waals surface area contributed by atoms with Crippen molar-refractivity contribution in [3.63, 3.8) is 0 Å². The molecule has 0 aliphatic carbocycles. The Balaban J connectivity index is 2.34. The second-order valence-electron chi connectivity index (χ2n) is 3.88. The lowest BCUT2D eigenvalue weighted by molar-refractivity contribution is -0.103. The van der Waals surface area contributed by atoms with Gasteiger partial charge in [0.05, 0.1) is 0 Å². The average molecular weight is 258 g/mol. The maximum Gasteiger partial charge on any atom is 0.181 e. The van der Waals surface area contributed by atoms with Crippen LogP contribution in [0.2, 0.25) is 0 Å². The third-order valence-corrected chi connectivity index (χ3v) is 2.54. The second kappa shape index (κ2) is 5.34. The summed E-state index contributed by atoms with van der Waals surface area (Å²) in [6, 6.07) is 5.63. The fourth-order valence-corrected chi connectivity index (χ4v) is 1.58. The van der Waals surface area contributed by atoms with Crippen LogP contribution in [-0.2, 0) is 11.8 Å². The zero-order chi connectivity index (χ0) is 13.8. The molecule has 2 aromatic rings. The fraction of sp³-hybridized carbons (Fsp3) is 0.0769. The largest absolute Gasteiger partial charge is 0.298 e. The minimum atomic E-state index is -0.356. The number of aldehydes is 1. The molecule has 0 unspecified atom stereocenters. The predicted molar refractivity (Wildman–Crippen MR) is 68.3 cm³/mol. The summed E-state index contributed by atoms with van der Waals surface area (Å²) in [6.07, 6.45) is 2.24. The van der Waals surface area contributed by atoms with Crippen LogP contribution in [0.15, 0.2) is 36.9 Å². The zero-order valence-corrected chi connectivity index (χ0v) is 10.2. The molecular formula is C13H11FN4O. The number of benzene rings is 1. The molecule has 0 fully saturated rings. The van der Waals surface area contributed by atoms with E-state index in [0.717, 1.165) is 0 Å². The maximum atomic E-state index is 12.8. The van der Waals surface area contributed by atoms with E-state index in [2.05, 4.69) is 22.1 Å². The Bertz CT molecular complexity index is 643. The zero-order valence-electron chi connectivity index (χ0n) is 10.2. The number of hydrogen-bond acceptors (Lipinski definition) is 4. The molecule has 0 bridgehead atoms. The van der Waals surface area contributed by atoms with E-state index in [-0.39, 0.29) is 5.82 Å². The smallest absolute Gasteiger partial charge is 0.181 e. The Hall–Kier alpha value is -2.63. The summed E-state index contributed by atoms with van der Waals surface area (Å²) in [7, 11) is 1.67. The molecule has 6 heteroatoms. The minimum absolute atomic E-state index is 0.356. The van der Waals surface area contributed by atoms with Crippen molar-refractivity contribution in [3.8, 4) is 0 Å². The number of tetrazole rings is 1. The first kappa shape index (κ1) is 12.8. The van der Waals surface area contributed by atoms with Crippen molar-refractivity contribution >= 4 is 17.4 Å². The van der Waals surface area contributed by atoms with Crippen LogP contribution in [-0.4, -0.2) is 26.5 Å². The number of allylic oxidation sites excluding steroid dienone is 3. The van der Waals surface area contributed by atoms with Gasteiger partial charge in [0.1, 0.15) is 5.82 Å². The molecule has 0 N–H and O–H groups in total. The van der Waals surface area contributed by atoms with Gasteiger partial charge in [0.2, 0.25) is 0 Å². The number of nitrogens with zero attached hydrogens (tertiary/aromatic N) is 4. The Morgan fingerprint density at radius 1 is 1.37 bits per heavy atom. The summed E-state index contributed by atoms with van der Waals surface area (Å²) >= 11 is 0. The number of halogens is 1. The number of aromatic nitrogens is 4. The average Bonchev–Trinajstić information content (AvgIpc) is 2.83. The van der Waals surface area contributed by atoms with Gasteiger partial charge < -0.3 is 0 Å². The number of rotatable bonds is 4. The Kier molecular flexibility index (Phi) is 3.61. The van der Waals surface area contributed by atoms with Crippen molar-refractivity contribution in [2.24, 2.45) is 7.05 Å². The highest BCUT2D eigenvalue weighted by Gasteiger charge is 2.07. The van der Waals surface area contributed by atoms with E-state index in [9.17, 15) is 9.18 Å². The molecule has 0 aliphatic rings. The van der Waals surface area contributed by atoms with Gasteiger partial charge in [-0.25, -0.2) is 9.07 Å². The van der Waals surface area contributed by atoms with Crippen molar-refractivity contribution < 1.29 is 9.18 Å². The third kappa shape index (κ3) is 2.79. The van der Waals surface area contributed by atoms with Crippen LogP contribution in [0.1, 0.15) is 11.4 Å². The van der Waals surface area contributed by atoms with Crippen LogP contribution < -0.4 is 0 Å². The maximum absolute atomic E-state index is 12.8. The molecule has 0 aliphatic heterocycles. The van der Waals surface area contributed by atoms with Gasteiger partial charge in [-0.2, -0.15) is 0 Å². The van der Waals surface area contributed by atoms with E-state index in [4.69, 9.17) is 0 Å². The summed E-state index contributed by atoms with van der Waals surface area (Å²) in [4.78, 5) is 11.1. The number of aryl methyl sites for hydroxylation is 1. The highest BCUT2D eigenvalue weighted by Crippen LogP contribution is 2.18. The van der Waals surface area contributed by atoms with Crippen LogP contribution in [0.4, 0.5) is 4.39 Å². The van der Waals surface area contributed by atoms with Crippen molar-refractivity contribution in [1.82, 2.24) is 20.2 Å². The van der Waals surface area contributed by atoms with E-state index in [1.807, 2.05) is 0 Å². The SMILES string of the molecule is C=C(/C=C(/C=O)c1ccc(F)cc1)c1nnnn1C. The first-order valence-electron chi connectivity index (χ1n) is 5.46. The minimum Gasteiger partial charge on any atom is -0.298 e. The van der Waals surface area contributed by atoms with Gasteiger partial charge in [-0.15, -0.1) is 5.10 Å². The number of carbonyl (C=O) groups excluding carboxylic acids is 1. The number of hydrogen-bond donors (Lipinski definition) is 0. The topological polar surface area (TPSA) is 60.7 Å². The molecule has 96 valence electrons. The molecule has 1 aromatic carbocycles. The first-order chi connectivity index (χ1) is 9.11. The first-order valence-corrected chi connectivity index (χ1v) is 5.46. The summed E-state index contributed by atoms with van der Waals surface area (Å²) in [5.74, 6) is 0.104. The lowest BCUT2D eigenvalue weighted by atomic mass is 10.0. The number of carbonyl (C=O) groups is 1. The quantitative estimate of drug-likeness (QED) is 0.475. The molecule has 1 heterocycles. The summed E-state index contributed by atoms with van der Waals surface area (Å²) in [5, 5.41) is 11.0. The van der Waals surface area contributed by atoms with Gasteiger partial charge in [0, 0.05) is 18.2 Å². The Morgan fingerprint density at radius 3 is 2.58 bits per heavy atom. The van der Waals surface area contributed by atoms with E-state index >= 15 is 0 Å². The summed E-state index contributed by atoms with van der Waals surface area (Å²) in [6.45, 7) is 3.82. The fourth-order valence-electron chi connectivity index (χ4n) is 1.58. The lowest BCUT2D eigenvalue weighted by Crippen LogP contribution is -1.98. The Labute approximate surface area is 109 Å². The standard InChI is InChI=1S/C13H11FN4O/c1-9(13-15-16-17-18(13)2)7-11(8-19)10-3-5-12(14)6-4-10/h3-8H,1H2,2H3/b11-7-. The molecule has 0 spiro atoms. The van der Waals surface area contributed by atoms with E-state index in [0.29, 0.717) is 28.8 Å². The third-order valence-electron chi connectivity index (χ3n) is 2.54. The molecular weight excluding hydrogens is 247 g/mol. The molecule has 0 atom stereocenters. The van der Waals surface area contributed by atoms with Crippen molar-refractivity contribution in [2.75, 3.05) is 0 Å². The molecule has 19 heavy (non-hydrogen) atoms. The molecule has 2 rings (SSSR count). The second-order valence-corrected chi connectivity index (χ2v) is 3.88. The van der Waals surface area contributed by atoms with Gasteiger partial charge >= 0.3 is 0 Å². The van der Waals surface area contributed by atoms with Crippen LogP contribution in [0.25, 0.3) is 11.1 Å². The van der Waals surface area contributed by atoms with Crippen molar-refractivity contribution in [2.45, 2.75) is 0 Å². The van der Waals surface area contributed by atoms with Gasteiger partial charge in [-0.1, -0.05) is 18.7 Å². The molecule has 0 amide bonds.